The Labute approximate surface area is 78.4 Å². The highest BCUT2D eigenvalue weighted by molar-refractivity contribution is 7.99. The van der Waals surface area contributed by atoms with E-state index in [1.807, 2.05) is 23.9 Å². The van der Waals surface area contributed by atoms with E-state index in [0.717, 1.165) is 12.1 Å². The second kappa shape index (κ2) is 5.09. The van der Waals surface area contributed by atoms with Crippen molar-refractivity contribution in [3.63, 3.8) is 0 Å². The zero-order chi connectivity index (χ0) is 8.81. The van der Waals surface area contributed by atoms with Crippen LogP contribution in [0.4, 0.5) is 5.69 Å². The molecule has 0 aliphatic rings. The fourth-order valence-electron chi connectivity index (χ4n) is 1.08. The van der Waals surface area contributed by atoms with Gasteiger partial charge < -0.3 is 5.73 Å². The number of benzene rings is 1. The Morgan fingerprint density at radius 2 is 2.25 bits per heavy atom. The van der Waals surface area contributed by atoms with Gasteiger partial charge in [-0.2, -0.15) is 11.8 Å². The first-order valence-electron chi connectivity index (χ1n) is 4.25. The van der Waals surface area contributed by atoms with Crippen LogP contribution in [-0.2, 0) is 6.42 Å². The van der Waals surface area contributed by atoms with Gasteiger partial charge in [0.15, 0.2) is 0 Å². The number of hydrogen-bond donors (Lipinski definition) is 1. The Morgan fingerprint density at radius 1 is 1.42 bits per heavy atom. The standard InChI is InChI=1S/C10H15NS/c1-2-12-7-6-9-4-3-5-10(11)8-9/h3-5,8H,2,6-7,11H2,1H3. The first-order valence-corrected chi connectivity index (χ1v) is 5.40. The summed E-state index contributed by atoms with van der Waals surface area (Å²) >= 11 is 1.97. The SMILES string of the molecule is CCSCCc1cccc(N)c1. The predicted octanol–water partition coefficient (Wildman–Crippen LogP) is 2.56. The van der Waals surface area contributed by atoms with Crippen molar-refractivity contribution in [2.45, 2.75) is 13.3 Å². The summed E-state index contributed by atoms with van der Waals surface area (Å²) in [5.74, 6) is 2.39. The molecular weight excluding hydrogens is 166 g/mol. The zero-order valence-electron chi connectivity index (χ0n) is 7.42. The second-order valence-corrected chi connectivity index (χ2v) is 4.09. The van der Waals surface area contributed by atoms with Gasteiger partial charge in [-0.05, 0) is 35.6 Å². The van der Waals surface area contributed by atoms with Gasteiger partial charge in [0, 0.05) is 5.69 Å². The number of aryl methyl sites for hydroxylation is 1. The zero-order valence-corrected chi connectivity index (χ0v) is 8.23. The lowest BCUT2D eigenvalue weighted by atomic mass is 10.1. The second-order valence-electron chi connectivity index (χ2n) is 2.69. The smallest absolute Gasteiger partial charge is 0.0316 e. The number of thioether (sulfide) groups is 1. The minimum absolute atomic E-state index is 0.869. The highest BCUT2D eigenvalue weighted by Crippen LogP contribution is 2.10. The topological polar surface area (TPSA) is 26.0 Å². The van der Waals surface area contributed by atoms with E-state index in [2.05, 4.69) is 19.1 Å². The van der Waals surface area contributed by atoms with Gasteiger partial charge in [-0.3, -0.25) is 0 Å². The van der Waals surface area contributed by atoms with Crippen molar-refractivity contribution in [2.75, 3.05) is 17.2 Å². The molecule has 12 heavy (non-hydrogen) atoms. The summed E-state index contributed by atoms with van der Waals surface area (Å²) in [6.07, 6.45) is 1.13. The summed E-state index contributed by atoms with van der Waals surface area (Å²) in [5.41, 5.74) is 7.87. The normalized spacial score (nSPS) is 10.1. The van der Waals surface area contributed by atoms with Gasteiger partial charge in [0.25, 0.3) is 0 Å². The summed E-state index contributed by atoms with van der Waals surface area (Å²) in [7, 11) is 0. The Hall–Kier alpha value is -0.630. The minimum Gasteiger partial charge on any atom is -0.399 e. The largest absolute Gasteiger partial charge is 0.399 e. The van der Waals surface area contributed by atoms with E-state index in [1.54, 1.807) is 0 Å². The maximum atomic E-state index is 5.66. The number of nitrogen functional groups attached to an aromatic ring is 1. The molecule has 0 radical (unpaired) electrons. The van der Waals surface area contributed by atoms with Crippen molar-refractivity contribution in [1.82, 2.24) is 0 Å². The quantitative estimate of drug-likeness (QED) is 0.570. The summed E-state index contributed by atoms with van der Waals surface area (Å²) in [4.78, 5) is 0. The van der Waals surface area contributed by atoms with E-state index in [0.29, 0.717) is 0 Å². The molecule has 0 aliphatic heterocycles. The molecule has 1 nitrogen and oxygen atoms in total. The number of hydrogen-bond acceptors (Lipinski definition) is 2. The molecule has 1 aromatic rings. The average Bonchev–Trinajstić information content (AvgIpc) is 2.05. The highest BCUT2D eigenvalue weighted by atomic mass is 32.2. The molecule has 2 N–H and O–H groups in total. The fraction of sp³-hybridized carbons (Fsp3) is 0.400. The van der Waals surface area contributed by atoms with Crippen LogP contribution < -0.4 is 5.73 Å². The summed E-state index contributed by atoms with van der Waals surface area (Å²) < 4.78 is 0. The molecule has 0 saturated heterocycles. The molecule has 0 atom stereocenters. The van der Waals surface area contributed by atoms with Crippen LogP contribution >= 0.6 is 11.8 Å². The van der Waals surface area contributed by atoms with Crippen LogP contribution in [-0.4, -0.2) is 11.5 Å². The lowest BCUT2D eigenvalue weighted by Crippen LogP contribution is -1.91. The molecule has 66 valence electrons. The van der Waals surface area contributed by atoms with Gasteiger partial charge >= 0.3 is 0 Å². The molecule has 2 heteroatoms. The molecule has 0 aromatic heterocycles. The lowest BCUT2D eigenvalue weighted by molar-refractivity contribution is 1.16. The van der Waals surface area contributed by atoms with E-state index in [-0.39, 0.29) is 0 Å². The van der Waals surface area contributed by atoms with Crippen LogP contribution in [0, 0.1) is 0 Å². The fourth-order valence-corrected chi connectivity index (χ4v) is 1.75. The minimum atomic E-state index is 0.869. The predicted molar refractivity (Wildman–Crippen MR) is 57.6 cm³/mol. The van der Waals surface area contributed by atoms with E-state index >= 15 is 0 Å². The average molecular weight is 181 g/mol. The summed E-state index contributed by atoms with van der Waals surface area (Å²) in [5, 5.41) is 0. The van der Waals surface area contributed by atoms with Crippen molar-refractivity contribution in [1.29, 1.82) is 0 Å². The highest BCUT2D eigenvalue weighted by Gasteiger charge is 1.92. The number of nitrogens with two attached hydrogens (primary N) is 1. The van der Waals surface area contributed by atoms with Crippen LogP contribution in [0.1, 0.15) is 12.5 Å². The Kier molecular flexibility index (Phi) is 4.01. The molecule has 1 rings (SSSR count). The third-order valence-corrected chi connectivity index (χ3v) is 2.59. The van der Waals surface area contributed by atoms with E-state index in [9.17, 15) is 0 Å². The van der Waals surface area contributed by atoms with Crippen molar-refractivity contribution in [3.8, 4) is 0 Å². The van der Waals surface area contributed by atoms with Crippen molar-refractivity contribution >= 4 is 17.4 Å². The van der Waals surface area contributed by atoms with Crippen LogP contribution in [0.15, 0.2) is 24.3 Å². The van der Waals surface area contributed by atoms with Crippen molar-refractivity contribution in [3.05, 3.63) is 29.8 Å². The number of anilines is 1. The van der Waals surface area contributed by atoms with Gasteiger partial charge in [-0.25, -0.2) is 0 Å². The van der Waals surface area contributed by atoms with Crippen molar-refractivity contribution in [2.24, 2.45) is 0 Å². The van der Waals surface area contributed by atoms with Gasteiger partial charge in [0.1, 0.15) is 0 Å². The van der Waals surface area contributed by atoms with Crippen LogP contribution in [0.5, 0.6) is 0 Å². The van der Waals surface area contributed by atoms with Crippen molar-refractivity contribution < 1.29 is 0 Å². The van der Waals surface area contributed by atoms with Gasteiger partial charge in [0.05, 0.1) is 0 Å². The summed E-state index contributed by atoms with van der Waals surface area (Å²) in [6, 6.07) is 8.13. The molecule has 1 aromatic carbocycles. The lowest BCUT2D eigenvalue weighted by Gasteiger charge is -2.00. The third-order valence-electron chi connectivity index (χ3n) is 1.69. The molecule has 0 fully saturated rings. The van der Waals surface area contributed by atoms with E-state index in [1.165, 1.54) is 17.1 Å². The number of rotatable bonds is 4. The van der Waals surface area contributed by atoms with Crippen LogP contribution in [0.2, 0.25) is 0 Å². The maximum Gasteiger partial charge on any atom is 0.0316 e. The van der Waals surface area contributed by atoms with E-state index < -0.39 is 0 Å². The molecular formula is C10H15NS. The van der Waals surface area contributed by atoms with Gasteiger partial charge in [-0.1, -0.05) is 19.1 Å². The molecule has 0 unspecified atom stereocenters. The van der Waals surface area contributed by atoms with Gasteiger partial charge in [-0.15, -0.1) is 0 Å². The Bertz CT molecular complexity index is 235. The molecule has 0 heterocycles. The molecule has 0 spiro atoms. The monoisotopic (exact) mass is 181 g/mol. The van der Waals surface area contributed by atoms with Gasteiger partial charge in [0.2, 0.25) is 0 Å². The van der Waals surface area contributed by atoms with Crippen LogP contribution in [0.25, 0.3) is 0 Å². The molecule has 0 bridgehead atoms. The summed E-state index contributed by atoms with van der Waals surface area (Å²) in [6.45, 7) is 2.18. The molecule has 0 saturated carbocycles. The Morgan fingerprint density at radius 3 is 2.92 bits per heavy atom. The first kappa shape index (κ1) is 9.46. The molecule has 0 amide bonds. The molecule has 0 aliphatic carbocycles. The Balaban J connectivity index is 2.41. The first-order chi connectivity index (χ1) is 5.83. The maximum absolute atomic E-state index is 5.66. The third kappa shape index (κ3) is 3.18. The van der Waals surface area contributed by atoms with E-state index in [4.69, 9.17) is 5.73 Å². The van der Waals surface area contributed by atoms with Crippen LogP contribution in [0.3, 0.4) is 0 Å².